The second-order valence-corrected chi connectivity index (χ2v) is 6.19. The molecule has 0 saturated carbocycles. The Hall–Kier alpha value is -1.10. The SMILES string of the molecule is CC(C)(C)C(N)c1noc(-c2cccc(Cl)c2Cl)n1. The Labute approximate surface area is 121 Å². The van der Waals surface area contributed by atoms with Crippen LogP contribution < -0.4 is 5.73 Å². The van der Waals surface area contributed by atoms with Crippen molar-refractivity contribution in [2.45, 2.75) is 26.8 Å². The summed E-state index contributed by atoms with van der Waals surface area (Å²) in [7, 11) is 0. The van der Waals surface area contributed by atoms with E-state index in [1.807, 2.05) is 20.8 Å². The normalized spacial score (nSPS) is 13.6. The van der Waals surface area contributed by atoms with Gasteiger partial charge < -0.3 is 10.3 Å². The summed E-state index contributed by atoms with van der Waals surface area (Å²) in [5, 5.41) is 4.75. The van der Waals surface area contributed by atoms with Crippen molar-refractivity contribution in [3.63, 3.8) is 0 Å². The van der Waals surface area contributed by atoms with Crippen molar-refractivity contribution in [1.82, 2.24) is 10.1 Å². The standard InChI is InChI=1S/C13H15Cl2N3O/c1-13(2,3)10(16)11-17-12(19-18-11)7-5-4-6-8(14)9(7)15/h4-6,10H,16H2,1-3H3. The van der Waals surface area contributed by atoms with Crippen molar-refractivity contribution < 1.29 is 4.52 Å². The van der Waals surface area contributed by atoms with Crippen LogP contribution in [0.3, 0.4) is 0 Å². The molecule has 0 aliphatic heterocycles. The van der Waals surface area contributed by atoms with Gasteiger partial charge in [0.05, 0.1) is 21.7 Å². The van der Waals surface area contributed by atoms with Crippen LogP contribution in [0.15, 0.2) is 22.7 Å². The van der Waals surface area contributed by atoms with Gasteiger partial charge in [0.25, 0.3) is 5.89 Å². The lowest BCUT2D eigenvalue weighted by atomic mass is 9.87. The van der Waals surface area contributed by atoms with Gasteiger partial charge in [0, 0.05) is 0 Å². The molecule has 102 valence electrons. The van der Waals surface area contributed by atoms with Gasteiger partial charge in [-0.2, -0.15) is 4.98 Å². The first-order chi connectivity index (χ1) is 8.80. The van der Waals surface area contributed by atoms with Gasteiger partial charge in [0.15, 0.2) is 5.82 Å². The Morgan fingerprint density at radius 1 is 1.26 bits per heavy atom. The van der Waals surface area contributed by atoms with E-state index in [2.05, 4.69) is 10.1 Å². The molecule has 0 radical (unpaired) electrons. The second kappa shape index (κ2) is 5.12. The van der Waals surface area contributed by atoms with E-state index in [9.17, 15) is 0 Å². The first kappa shape index (κ1) is 14.3. The molecule has 2 rings (SSSR count). The zero-order valence-electron chi connectivity index (χ0n) is 10.9. The third kappa shape index (κ3) is 2.91. The summed E-state index contributed by atoms with van der Waals surface area (Å²) in [6.07, 6.45) is 0. The van der Waals surface area contributed by atoms with Gasteiger partial charge in [-0.1, -0.05) is 55.2 Å². The van der Waals surface area contributed by atoms with Crippen LogP contribution in [0.5, 0.6) is 0 Å². The minimum absolute atomic E-state index is 0.154. The monoisotopic (exact) mass is 299 g/mol. The molecule has 1 unspecified atom stereocenters. The highest BCUT2D eigenvalue weighted by molar-refractivity contribution is 6.43. The number of hydrogen-bond donors (Lipinski definition) is 1. The van der Waals surface area contributed by atoms with Gasteiger partial charge in [-0.05, 0) is 17.5 Å². The largest absolute Gasteiger partial charge is 0.334 e. The van der Waals surface area contributed by atoms with Crippen molar-refractivity contribution in [1.29, 1.82) is 0 Å². The molecule has 6 heteroatoms. The van der Waals surface area contributed by atoms with E-state index in [1.54, 1.807) is 18.2 Å². The molecule has 1 heterocycles. The highest BCUT2D eigenvalue weighted by atomic mass is 35.5. The number of rotatable bonds is 2. The fourth-order valence-corrected chi connectivity index (χ4v) is 1.91. The Kier molecular flexibility index (Phi) is 3.85. The first-order valence-electron chi connectivity index (χ1n) is 5.84. The topological polar surface area (TPSA) is 64.9 Å². The highest BCUT2D eigenvalue weighted by Crippen LogP contribution is 2.34. The number of halogens is 2. The van der Waals surface area contributed by atoms with Crippen LogP contribution in [0.2, 0.25) is 10.0 Å². The van der Waals surface area contributed by atoms with Crippen LogP contribution in [0.1, 0.15) is 32.6 Å². The van der Waals surface area contributed by atoms with E-state index in [0.29, 0.717) is 27.3 Å². The van der Waals surface area contributed by atoms with Gasteiger partial charge in [0.1, 0.15) is 0 Å². The van der Waals surface area contributed by atoms with Gasteiger partial charge in [0.2, 0.25) is 0 Å². The van der Waals surface area contributed by atoms with Crippen LogP contribution in [0.4, 0.5) is 0 Å². The Bertz CT molecular complexity index is 590. The Morgan fingerprint density at radius 3 is 2.58 bits per heavy atom. The van der Waals surface area contributed by atoms with E-state index >= 15 is 0 Å². The van der Waals surface area contributed by atoms with E-state index < -0.39 is 0 Å². The van der Waals surface area contributed by atoms with Crippen molar-refractivity contribution in [3.8, 4) is 11.5 Å². The molecular weight excluding hydrogens is 285 g/mol. The molecular formula is C13H15Cl2N3O. The summed E-state index contributed by atoms with van der Waals surface area (Å²) in [4.78, 5) is 4.30. The number of nitrogens with zero attached hydrogens (tertiary/aromatic N) is 2. The second-order valence-electron chi connectivity index (χ2n) is 5.40. The van der Waals surface area contributed by atoms with Crippen molar-refractivity contribution in [2.75, 3.05) is 0 Å². The van der Waals surface area contributed by atoms with Gasteiger partial charge in [-0.15, -0.1) is 0 Å². The van der Waals surface area contributed by atoms with Crippen LogP contribution in [-0.2, 0) is 0 Å². The lowest BCUT2D eigenvalue weighted by Crippen LogP contribution is -2.27. The summed E-state index contributed by atoms with van der Waals surface area (Å²) in [5.74, 6) is 0.778. The first-order valence-corrected chi connectivity index (χ1v) is 6.60. The van der Waals surface area contributed by atoms with Crippen LogP contribution in [0.25, 0.3) is 11.5 Å². The third-order valence-corrected chi connectivity index (χ3v) is 3.65. The van der Waals surface area contributed by atoms with Crippen molar-refractivity contribution in [3.05, 3.63) is 34.1 Å². The minimum atomic E-state index is -0.317. The highest BCUT2D eigenvalue weighted by Gasteiger charge is 2.27. The predicted molar refractivity (Wildman–Crippen MR) is 76.1 cm³/mol. The van der Waals surface area contributed by atoms with E-state index in [-0.39, 0.29) is 11.5 Å². The molecule has 0 spiro atoms. The molecule has 1 aromatic carbocycles. The molecule has 0 bridgehead atoms. The molecule has 0 aliphatic rings. The molecule has 1 atom stereocenters. The summed E-state index contributed by atoms with van der Waals surface area (Å²) in [6.45, 7) is 6.04. The Balaban J connectivity index is 2.39. The average Bonchev–Trinajstić information content (AvgIpc) is 2.79. The summed E-state index contributed by atoms with van der Waals surface area (Å²) < 4.78 is 5.22. The van der Waals surface area contributed by atoms with Crippen LogP contribution in [0, 0.1) is 5.41 Å². The minimum Gasteiger partial charge on any atom is -0.334 e. The lowest BCUT2D eigenvalue weighted by Gasteiger charge is -2.23. The third-order valence-electron chi connectivity index (χ3n) is 2.83. The van der Waals surface area contributed by atoms with Crippen LogP contribution >= 0.6 is 23.2 Å². The zero-order valence-corrected chi connectivity index (χ0v) is 12.5. The van der Waals surface area contributed by atoms with Crippen molar-refractivity contribution >= 4 is 23.2 Å². The maximum absolute atomic E-state index is 6.12. The number of nitrogens with two attached hydrogens (primary N) is 1. The quantitative estimate of drug-likeness (QED) is 0.907. The van der Waals surface area contributed by atoms with E-state index in [4.69, 9.17) is 33.5 Å². The number of hydrogen-bond acceptors (Lipinski definition) is 4. The average molecular weight is 300 g/mol. The van der Waals surface area contributed by atoms with E-state index in [0.717, 1.165) is 0 Å². The molecule has 2 N–H and O–H groups in total. The smallest absolute Gasteiger partial charge is 0.259 e. The van der Waals surface area contributed by atoms with Gasteiger partial charge >= 0.3 is 0 Å². The lowest BCUT2D eigenvalue weighted by molar-refractivity contribution is 0.303. The molecule has 2 aromatic rings. The predicted octanol–water partition coefficient (Wildman–Crippen LogP) is 4.09. The summed E-state index contributed by atoms with van der Waals surface area (Å²) in [6, 6.07) is 4.93. The maximum atomic E-state index is 6.12. The number of aromatic nitrogens is 2. The molecule has 0 fully saturated rings. The van der Waals surface area contributed by atoms with Gasteiger partial charge in [-0.25, -0.2) is 0 Å². The van der Waals surface area contributed by atoms with Crippen molar-refractivity contribution in [2.24, 2.45) is 11.1 Å². The molecule has 19 heavy (non-hydrogen) atoms. The Morgan fingerprint density at radius 2 is 1.95 bits per heavy atom. The molecule has 0 amide bonds. The molecule has 0 saturated heterocycles. The summed E-state index contributed by atoms with van der Waals surface area (Å²) >= 11 is 12.1. The molecule has 4 nitrogen and oxygen atoms in total. The number of benzene rings is 1. The van der Waals surface area contributed by atoms with Gasteiger partial charge in [-0.3, -0.25) is 0 Å². The fraction of sp³-hybridized carbons (Fsp3) is 0.385. The summed E-state index contributed by atoms with van der Waals surface area (Å²) in [5.41, 5.74) is 6.54. The zero-order chi connectivity index (χ0) is 14.2. The van der Waals surface area contributed by atoms with Crippen LogP contribution in [-0.4, -0.2) is 10.1 Å². The fourth-order valence-electron chi connectivity index (χ4n) is 1.53. The molecule has 1 aromatic heterocycles. The molecule has 0 aliphatic carbocycles. The maximum Gasteiger partial charge on any atom is 0.259 e. The van der Waals surface area contributed by atoms with E-state index in [1.165, 1.54) is 0 Å².